The minimum atomic E-state index is 0.140. The van der Waals surface area contributed by atoms with Crippen LogP contribution in [-0.2, 0) is 11.2 Å². The van der Waals surface area contributed by atoms with Gasteiger partial charge in [0.25, 0.3) is 0 Å². The van der Waals surface area contributed by atoms with Crippen LogP contribution in [0.15, 0.2) is 18.2 Å². The molecule has 1 rings (SSSR count). The van der Waals surface area contributed by atoms with E-state index in [4.69, 9.17) is 19.9 Å². The summed E-state index contributed by atoms with van der Waals surface area (Å²) in [7, 11) is 0. The maximum Gasteiger partial charge on any atom is 0.164 e. The molecule has 1 unspecified atom stereocenters. The summed E-state index contributed by atoms with van der Waals surface area (Å²) in [5.74, 6) is 1.59. The fraction of sp³-hybridized carbons (Fsp3) is 0.625. The Balaban J connectivity index is 2.82. The molecule has 2 N–H and O–H groups in total. The highest BCUT2D eigenvalue weighted by molar-refractivity contribution is 5.47. The average molecular weight is 281 g/mol. The molecule has 0 bridgehead atoms. The van der Waals surface area contributed by atoms with Crippen molar-refractivity contribution in [2.75, 3.05) is 26.4 Å². The SMILES string of the molecule is CCOCCOc1c(CC(N)CC)cccc1OCC. The van der Waals surface area contributed by atoms with Gasteiger partial charge in [0.2, 0.25) is 0 Å². The maximum absolute atomic E-state index is 6.05. The van der Waals surface area contributed by atoms with Gasteiger partial charge in [0.15, 0.2) is 11.5 Å². The van der Waals surface area contributed by atoms with Crippen molar-refractivity contribution in [3.05, 3.63) is 23.8 Å². The number of rotatable bonds is 10. The molecule has 0 radical (unpaired) electrons. The standard InChI is InChI=1S/C16H27NO3/c1-4-14(17)12-13-8-7-9-15(19-6-3)16(13)20-11-10-18-5-2/h7-9,14H,4-6,10-12,17H2,1-3H3. The molecule has 1 aromatic rings. The zero-order valence-corrected chi connectivity index (χ0v) is 12.9. The van der Waals surface area contributed by atoms with E-state index in [1.807, 2.05) is 32.0 Å². The topological polar surface area (TPSA) is 53.7 Å². The molecule has 114 valence electrons. The lowest BCUT2D eigenvalue weighted by Gasteiger charge is -2.17. The first-order chi connectivity index (χ1) is 9.72. The number of hydrogen-bond acceptors (Lipinski definition) is 4. The number of hydrogen-bond donors (Lipinski definition) is 1. The molecule has 0 aliphatic carbocycles. The summed E-state index contributed by atoms with van der Waals surface area (Å²) in [5, 5.41) is 0. The average Bonchev–Trinajstić information content (AvgIpc) is 2.46. The Bertz CT molecular complexity index is 382. The van der Waals surface area contributed by atoms with Gasteiger partial charge >= 0.3 is 0 Å². The Hall–Kier alpha value is -1.26. The predicted molar refractivity (Wildman–Crippen MR) is 81.6 cm³/mol. The first-order valence-corrected chi connectivity index (χ1v) is 7.43. The van der Waals surface area contributed by atoms with Crippen molar-refractivity contribution in [1.29, 1.82) is 0 Å². The number of para-hydroxylation sites is 1. The van der Waals surface area contributed by atoms with Gasteiger partial charge in [-0.1, -0.05) is 19.1 Å². The third-order valence-corrected chi connectivity index (χ3v) is 3.04. The third kappa shape index (κ3) is 5.39. The van der Waals surface area contributed by atoms with E-state index >= 15 is 0 Å². The van der Waals surface area contributed by atoms with E-state index in [0.29, 0.717) is 26.4 Å². The lowest BCUT2D eigenvalue weighted by molar-refractivity contribution is 0.108. The van der Waals surface area contributed by atoms with E-state index in [1.54, 1.807) is 0 Å². The largest absolute Gasteiger partial charge is 0.490 e. The summed E-state index contributed by atoms with van der Waals surface area (Å²) in [6.07, 6.45) is 1.73. The van der Waals surface area contributed by atoms with Crippen molar-refractivity contribution < 1.29 is 14.2 Å². The summed E-state index contributed by atoms with van der Waals surface area (Å²) in [6.45, 7) is 8.44. The smallest absolute Gasteiger partial charge is 0.164 e. The van der Waals surface area contributed by atoms with Gasteiger partial charge in [0, 0.05) is 12.6 Å². The zero-order chi connectivity index (χ0) is 14.8. The molecule has 20 heavy (non-hydrogen) atoms. The molecule has 0 aliphatic heterocycles. The van der Waals surface area contributed by atoms with Crippen LogP contribution in [0.25, 0.3) is 0 Å². The van der Waals surface area contributed by atoms with Gasteiger partial charge in [0.1, 0.15) is 6.61 Å². The lowest BCUT2D eigenvalue weighted by Crippen LogP contribution is -2.22. The minimum absolute atomic E-state index is 0.140. The Kier molecular flexibility index (Phi) is 8.07. The second-order valence-electron chi connectivity index (χ2n) is 4.60. The molecular weight excluding hydrogens is 254 g/mol. The molecule has 0 heterocycles. The van der Waals surface area contributed by atoms with E-state index in [2.05, 4.69) is 6.92 Å². The van der Waals surface area contributed by atoms with Crippen molar-refractivity contribution >= 4 is 0 Å². The summed E-state index contributed by atoms with van der Waals surface area (Å²) in [5.41, 5.74) is 7.15. The number of benzene rings is 1. The summed E-state index contributed by atoms with van der Waals surface area (Å²) in [6, 6.07) is 6.10. The first kappa shape index (κ1) is 16.8. The van der Waals surface area contributed by atoms with Crippen LogP contribution in [0, 0.1) is 0 Å². The molecule has 0 spiro atoms. The van der Waals surface area contributed by atoms with Crippen LogP contribution in [0.5, 0.6) is 11.5 Å². The van der Waals surface area contributed by atoms with E-state index in [0.717, 1.165) is 29.9 Å². The van der Waals surface area contributed by atoms with Crippen LogP contribution >= 0.6 is 0 Å². The van der Waals surface area contributed by atoms with Gasteiger partial charge in [-0.3, -0.25) is 0 Å². The molecule has 0 aromatic heterocycles. The van der Waals surface area contributed by atoms with E-state index < -0.39 is 0 Å². The quantitative estimate of drug-likeness (QED) is 0.670. The fourth-order valence-corrected chi connectivity index (χ4v) is 1.93. The first-order valence-electron chi connectivity index (χ1n) is 7.43. The predicted octanol–water partition coefficient (Wildman–Crippen LogP) is 2.78. The molecule has 0 aliphatic rings. The summed E-state index contributed by atoms with van der Waals surface area (Å²) < 4.78 is 16.8. The monoisotopic (exact) mass is 281 g/mol. The minimum Gasteiger partial charge on any atom is -0.490 e. The molecule has 4 nitrogen and oxygen atoms in total. The molecule has 0 fully saturated rings. The molecule has 1 aromatic carbocycles. The van der Waals surface area contributed by atoms with Crippen molar-refractivity contribution in [1.82, 2.24) is 0 Å². The van der Waals surface area contributed by atoms with Gasteiger partial charge < -0.3 is 19.9 Å². The highest BCUT2D eigenvalue weighted by atomic mass is 16.5. The highest BCUT2D eigenvalue weighted by Crippen LogP contribution is 2.32. The molecular formula is C16H27NO3. The van der Waals surface area contributed by atoms with Crippen LogP contribution in [0.2, 0.25) is 0 Å². The fourth-order valence-electron chi connectivity index (χ4n) is 1.93. The maximum atomic E-state index is 6.05. The van der Waals surface area contributed by atoms with E-state index in [9.17, 15) is 0 Å². The van der Waals surface area contributed by atoms with Crippen molar-refractivity contribution in [2.45, 2.75) is 39.7 Å². The van der Waals surface area contributed by atoms with Crippen LogP contribution in [-0.4, -0.2) is 32.5 Å². The highest BCUT2D eigenvalue weighted by Gasteiger charge is 2.13. The van der Waals surface area contributed by atoms with Crippen LogP contribution < -0.4 is 15.2 Å². The molecule has 4 heteroatoms. The lowest BCUT2D eigenvalue weighted by atomic mass is 10.0. The van der Waals surface area contributed by atoms with Crippen LogP contribution in [0.3, 0.4) is 0 Å². The van der Waals surface area contributed by atoms with E-state index in [1.165, 1.54) is 0 Å². The summed E-state index contributed by atoms with van der Waals surface area (Å²) in [4.78, 5) is 0. The van der Waals surface area contributed by atoms with E-state index in [-0.39, 0.29) is 6.04 Å². The van der Waals surface area contributed by atoms with Crippen molar-refractivity contribution in [3.63, 3.8) is 0 Å². The van der Waals surface area contributed by atoms with Crippen LogP contribution in [0.1, 0.15) is 32.8 Å². The van der Waals surface area contributed by atoms with Gasteiger partial charge in [0.05, 0.1) is 13.2 Å². The molecule has 0 saturated carbocycles. The Morgan fingerprint density at radius 1 is 1.05 bits per heavy atom. The Morgan fingerprint density at radius 2 is 1.85 bits per heavy atom. The Labute approximate surface area is 122 Å². The van der Waals surface area contributed by atoms with Crippen molar-refractivity contribution in [2.24, 2.45) is 5.73 Å². The molecule has 0 saturated heterocycles. The van der Waals surface area contributed by atoms with Gasteiger partial charge in [-0.2, -0.15) is 0 Å². The molecule has 0 amide bonds. The van der Waals surface area contributed by atoms with Crippen LogP contribution in [0.4, 0.5) is 0 Å². The molecule has 1 atom stereocenters. The van der Waals surface area contributed by atoms with Gasteiger partial charge in [-0.25, -0.2) is 0 Å². The number of nitrogens with two attached hydrogens (primary N) is 1. The normalized spacial score (nSPS) is 12.2. The Morgan fingerprint density at radius 3 is 2.50 bits per heavy atom. The van der Waals surface area contributed by atoms with Crippen molar-refractivity contribution in [3.8, 4) is 11.5 Å². The second-order valence-corrected chi connectivity index (χ2v) is 4.60. The van der Waals surface area contributed by atoms with Gasteiger partial charge in [-0.15, -0.1) is 0 Å². The zero-order valence-electron chi connectivity index (χ0n) is 12.9. The number of ether oxygens (including phenoxy) is 3. The third-order valence-electron chi connectivity index (χ3n) is 3.04. The summed E-state index contributed by atoms with van der Waals surface area (Å²) >= 11 is 0. The van der Waals surface area contributed by atoms with Gasteiger partial charge in [-0.05, 0) is 38.3 Å². The second kappa shape index (κ2) is 9.61.